The highest BCUT2D eigenvalue weighted by Gasteiger charge is 2.14. The van der Waals surface area contributed by atoms with Gasteiger partial charge in [-0.15, -0.1) is 11.3 Å². The number of thiazole rings is 1. The van der Waals surface area contributed by atoms with Gasteiger partial charge in [0.1, 0.15) is 0 Å². The van der Waals surface area contributed by atoms with Crippen LogP contribution in [0.2, 0.25) is 0 Å². The maximum absolute atomic E-state index is 5.42. The van der Waals surface area contributed by atoms with Gasteiger partial charge in [0.05, 0.1) is 4.88 Å². The number of piperidine rings is 1. The quantitative estimate of drug-likeness (QED) is 0.554. The number of hydrogen-bond donors (Lipinski definition) is 0. The first-order valence-electron chi connectivity index (χ1n) is 11.0. The molecular formula is C25H27N3OS. The normalized spacial score (nSPS) is 18.3. The van der Waals surface area contributed by atoms with Gasteiger partial charge in [0.15, 0.2) is 5.01 Å². The standard InChI is InChI=1S/C25H27N3OS/c1-2-10-28(11-3-1)18-22-16-26-15-21-6-5-20(14-23(21)22)24-17-27-25(30-24)7-4-19-8-12-29-13-9-19/h5-6,14-17,19H,1-3,8-13,18H2. The molecule has 0 amide bonds. The predicted molar refractivity (Wildman–Crippen MR) is 122 cm³/mol. The molecule has 2 saturated heterocycles. The molecule has 5 heteroatoms. The lowest BCUT2D eigenvalue weighted by Crippen LogP contribution is -2.29. The second kappa shape index (κ2) is 9.26. The Morgan fingerprint density at radius 2 is 1.93 bits per heavy atom. The Bertz CT molecular complexity index is 1070. The molecule has 4 heterocycles. The van der Waals surface area contributed by atoms with Crippen LogP contribution in [0.3, 0.4) is 0 Å². The second-order valence-corrected chi connectivity index (χ2v) is 9.29. The molecule has 5 rings (SSSR count). The Kier molecular flexibility index (Phi) is 6.08. The summed E-state index contributed by atoms with van der Waals surface area (Å²) in [5.41, 5.74) is 2.53. The molecule has 0 aliphatic carbocycles. The smallest absolute Gasteiger partial charge is 0.167 e. The zero-order valence-electron chi connectivity index (χ0n) is 17.3. The summed E-state index contributed by atoms with van der Waals surface area (Å²) in [4.78, 5) is 12.8. The van der Waals surface area contributed by atoms with Gasteiger partial charge in [0, 0.05) is 49.7 Å². The minimum atomic E-state index is 0.441. The largest absolute Gasteiger partial charge is 0.381 e. The van der Waals surface area contributed by atoms with E-state index >= 15 is 0 Å². The number of rotatable bonds is 3. The van der Waals surface area contributed by atoms with Crippen molar-refractivity contribution in [2.75, 3.05) is 26.3 Å². The van der Waals surface area contributed by atoms with Crippen molar-refractivity contribution in [1.29, 1.82) is 0 Å². The predicted octanol–water partition coefficient (Wildman–Crippen LogP) is 5.12. The Balaban J connectivity index is 1.39. The highest BCUT2D eigenvalue weighted by Crippen LogP contribution is 2.30. The fourth-order valence-electron chi connectivity index (χ4n) is 4.33. The molecule has 3 aromatic rings. The summed E-state index contributed by atoms with van der Waals surface area (Å²) in [5, 5.41) is 3.41. The van der Waals surface area contributed by atoms with Crippen molar-refractivity contribution >= 4 is 22.1 Å². The van der Waals surface area contributed by atoms with Crippen LogP contribution in [0.15, 0.2) is 36.8 Å². The van der Waals surface area contributed by atoms with E-state index in [9.17, 15) is 0 Å². The van der Waals surface area contributed by atoms with Crippen LogP contribution in [0.5, 0.6) is 0 Å². The SMILES string of the molecule is C(#CC1CCOCC1)c1ncc(-c2ccc3cncc(CN4CCCCC4)c3c2)s1. The van der Waals surface area contributed by atoms with E-state index in [0.29, 0.717) is 5.92 Å². The minimum absolute atomic E-state index is 0.441. The first-order chi connectivity index (χ1) is 14.8. The van der Waals surface area contributed by atoms with Crippen LogP contribution in [0, 0.1) is 17.8 Å². The fourth-order valence-corrected chi connectivity index (χ4v) is 5.11. The number of hydrogen-bond acceptors (Lipinski definition) is 5. The molecule has 154 valence electrons. The summed E-state index contributed by atoms with van der Waals surface area (Å²) >= 11 is 1.68. The van der Waals surface area contributed by atoms with Gasteiger partial charge in [-0.05, 0) is 67.3 Å². The first-order valence-corrected chi connectivity index (χ1v) is 11.8. The van der Waals surface area contributed by atoms with E-state index in [2.05, 4.69) is 44.9 Å². The van der Waals surface area contributed by atoms with Gasteiger partial charge in [-0.1, -0.05) is 24.5 Å². The van der Waals surface area contributed by atoms with E-state index in [-0.39, 0.29) is 0 Å². The molecule has 30 heavy (non-hydrogen) atoms. The minimum Gasteiger partial charge on any atom is -0.381 e. The van der Waals surface area contributed by atoms with Crippen molar-refractivity contribution < 1.29 is 4.74 Å². The first kappa shape index (κ1) is 19.7. The average Bonchev–Trinajstić information content (AvgIpc) is 3.28. The van der Waals surface area contributed by atoms with Gasteiger partial charge < -0.3 is 4.74 Å². The number of aromatic nitrogens is 2. The van der Waals surface area contributed by atoms with Crippen LogP contribution in [-0.4, -0.2) is 41.2 Å². The Morgan fingerprint density at radius 3 is 2.80 bits per heavy atom. The van der Waals surface area contributed by atoms with Crippen LogP contribution >= 0.6 is 11.3 Å². The third-order valence-electron chi connectivity index (χ3n) is 6.08. The highest BCUT2D eigenvalue weighted by molar-refractivity contribution is 7.15. The Labute approximate surface area is 182 Å². The van der Waals surface area contributed by atoms with Gasteiger partial charge in [0.25, 0.3) is 0 Å². The summed E-state index contributed by atoms with van der Waals surface area (Å²) in [6.45, 7) is 5.03. The maximum Gasteiger partial charge on any atom is 0.167 e. The lowest BCUT2D eigenvalue weighted by atomic mass is 10.0. The summed E-state index contributed by atoms with van der Waals surface area (Å²) in [5.74, 6) is 7.12. The fraction of sp³-hybridized carbons (Fsp3) is 0.440. The maximum atomic E-state index is 5.42. The molecule has 0 radical (unpaired) electrons. The molecule has 0 bridgehead atoms. The van der Waals surface area contributed by atoms with E-state index in [1.807, 2.05) is 18.6 Å². The third kappa shape index (κ3) is 4.57. The number of benzene rings is 1. The summed E-state index contributed by atoms with van der Waals surface area (Å²) in [7, 11) is 0. The zero-order chi connectivity index (χ0) is 20.2. The van der Waals surface area contributed by atoms with Gasteiger partial charge >= 0.3 is 0 Å². The Hall–Kier alpha value is -2.26. The third-order valence-corrected chi connectivity index (χ3v) is 7.04. The average molecular weight is 418 g/mol. The van der Waals surface area contributed by atoms with Gasteiger partial charge in [-0.2, -0.15) is 0 Å². The zero-order valence-corrected chi connectivity index (χ0v) is 18.1. The monoisotopic (exact) mass is 417 g/mol. The van der Waals surface area contributed by atoms with Crippen LogP contribution < -0.4 is 0 Å². The van der Waals surface area contributed by atoms with Crippen molar-refractivity contribution in [3.05, 3.63) is 47.4 Å². The molecule has 2 fully saturated rings. The molecule has 0 spiro atoms. The van der Waals surface area contributed by atoms with Crippen molar-refractivity contribution in [3.63, 3.8) is 0 Å². The van der Waals surface area contributed by atoms with Crippen molar-refractivity contribution in [2.24, 2.45) is 5.92 Å². The van der Waals surface area contributed by atoms with Gasteiger partial charge in [-0.3, -0.25) is 9.88 Å². The molecule has 1 aromatic carbocycles. The van der Waals surface area contributed by atoms with Crippen molar-refractivity contribution in [2.45, 2.75) is 38.6 Å². The van der Waals surface area contributed by atoms with E-state index < -0.39 is 0 Å². The highest BCUT2D eigenvalue weighted by atomic mass is 32.1. The molecule has 2 aliphatic heterocycles. The van der Waals surface area contributed by atoms with E-state index in [1.54, 1.807) is 11.3 Å². The lowest BCUT2D eigenvalue weighted by molar-refractivity contribution is 0.0807. The van der Waals surface area contributed by atoms with Crippen molar-refractivity contribution in [1.82, 2.24) is 14.9 Å². The van der Waals surface area contributed by atoms with Crippen LogP contribution in [0.4, 0.5) is 0 Å². The molecule has 2 aromatic heterocycles. The molecule has 2 aliphatic rings. The summed E-state index contributed by atoms with van der Waals surface area (Å²) in [6, 6.07) is 6.67. The van der Waals surface area contributed by atoms with E-state index in [0.717, 1.165) is 37.6 Å². The number of fused-ring (bicyclic) bond motifs is 1. The summed E-state index contributed by atoms with van der Waals surface area (Å²) < 4.78 is 5.42. The van der Waals surface area contributed by atoms with E-state index in [4.69, 9.17) is 4.74 Å². The van der Waals surface area contributed by atoms with Crippen LogP contribution in [0.25, 0.3) is 21.2 Å². The molecule has 0 N–H and O–H groups in total. The topological polar surface area (TPSA) is 38.3 Å². The second-order valence-electron chi connectivity index (χ2n) is 8.26. The van der Waals surface area contributed by atoms with Crippen LogP contribution in [0.1, 0.15) is 42.7 Å². The van der Waals surface area contributed by atoms with Gasteiger partial charge in [0.2, 0.25) is 0 Å². The van der Waals surface area contributed by atoms with Gasteiger partial charge in [-0.25, -0.2) is 4.98 Å². The molecular weight excluding hydrogens is 390 g/mol. The van der Waals surface area contributed by atoms with E-state index in [1.165, 1.54) is 59.1 Å². The molecule has 4 nitrogen and oxygen atoms in total. The lowest BCUT2D eigenvalue weighted by Gasteiger charge is -2.26. The number of likely N-dealkylation sites (tertiary alicyclic amines) is 1. The Morgan fingerprint density at radius 1 is 1.07 bits per heavy atom. The number of nitrogens with zero attached hydrogens (tertiary/aromatic N) is 3. The number of pyridine rings is 1. The molecule has 0 unspecified atom stereocenters. The molecule has 0 saturated carbocycles. The summed E-state index contributed by atoms with van der Waals surface area (Å²) in [6.07, 6.45) is 12.0. The molecule has 0 atom stereocenters. The van der Waals surface area contributed by atoms with Crippen molar-refractivity contribution in [3.8, 4) is 22.3 Å². The van der Waals surface area contributed by atoms with Crippen LogP contribution in [-0.2, 0) is 11.3 Å². The number of ether oxygens (including phenoxy) is 1.